The first-order valence-corrected chi connectivity index (χ1v) is 13.4. The number of benzene rings is 2. The van der Waals surface area contributed by atoms with Crippen LogP contribution in [0.25, 0.3) is 0 Å². The Hall–Kier alpha value is -1.89. The number of sulfonamides is 1. The highest BCUT2D eigenvalue weighted by Crippen LogP contribution is 2.28. The minimum Gasteiger partial charge on any atom is -0.349 e. The summed E-state index contributed by atoms with van der Waals surface area (Å²) in [5, 5.41) is 3.69. The Morgan fingerprint density at radius 2 is 1.81 bits per heavy atom. The molecule has 32 heavy (non-hydrogen) atoms. The lowest BCUT2D eigenvalue weighted by molar-refractivity contribution is -0.126. The van der Waals surface area contributed by atoms with Gasteiger partial charge in [-0.1, -0.05) is 36.7 Å². The van der Waals surface area contributed by atoms with E-state index < -0.39 is 10.0 Å². The summed E-state index contributed by atoms with van der Waals surface area (Å²) >= 11 is 5.90. The van der Waals surface area contributed by atoms with Crippen molar-refractivity contribution in [1.29, 1.82) is 0 Å². The van der Waals surface area contributed by atoms with Gasteiger partial charge in [-0.15, -0.1) is 0 Å². The van der Waals surface area contributed by atoms with Crippen LogP contribution in [0.5, 0.6) is 0 Å². The molecule has 2 aromatic carbocycles. The second-order valence-electron chi connectivity index (χ2n) is 8.86. The molecule has 0 unspecified atom stereocenters. The minimum atomic E-state index is -3.65. The van der Waals surface area contributed by atoms with Crippen molar-refractivity contribution in [2.24, 2.45) is 5.92 Å². The first-order valence-electron chi connectivity index (χ1n) is 11.6. The zero-order valence-corrected chi connectivity index (χ0v) is 20.1. The van der Waals surface area contributed by atoms with Crippen LogP contribution in [0.2, 0.25) is 5.02 Å². The molecule has 1 fully saturated rings. The van der Waals surface area contributed by atoms with E-state index in [0.717, 1.165) is 24.8 Å². The molecule has 1 heterocycles. The van der Waals surface area contributed by atoms with Gasteiger partial charge in [0.25, 0.3) is 0 Å². The molecule has 0 saturated carbocycles. The van der Waals surface area contributed by atoms with Gasteiger partial charge in [-0.2, -0.15) is 4.31 Å². The maximum Gasteiger partial charge on any atom is 0.243 e. The second kappa shape index (κ2) is 9.94. The van der Waals surface area contributed by atoms with Crippen LogP contribution < -0.4 is 5.32 Å². The molecular formula is C25H31ClN2O3S. The predicted octanol–water partition coefficient (Wildman–Crippen LogP) is 4.89. The fraction of sp³-hybridized carbons (Fsp3) is 0.480. The number of nitrogens with one attached hydrogen (secondary N) is 1. The molecule has 1 amide bonds. The zero-order chi connectivity index (χ0) is 22.7. The maximum absolute atomic E-state index is 13.1. The molecule has 1 aliphatic heterocycles. The van der Waals surface area contributed by atoms with Crippen LogP contribution in [0, 0.1) is 5.92 Å². The summed E-state index contributed by atoms with van der Waals surface area (Å²) in [6.07, 6.45) is 6.87. The number of carbonyl (C=O) groups excluding carboxylic acids is 1. The van der Waals surface area contributed by atoms with Crippen LogP contribution in [-0.4, -0.2) is 31.7 Å². The second-order valence-corrected chi connectivity index (χ2v) is 11.2. The first kappa shape index (κ1) is 23.3. The van der Waals surface area contributed by atoms with E-state index in [4.69, 9.17) is 11.6 Å². The third-order valence-corrected chi connectivity index (χ3v) is 8.84. The van der Waals surface area contributed by atoms with E-state index in [9.17, 15) is 13.2 Å². The smallest absolute Gasteiger partial charge is 0.243 e. The van der Waals surface area contributed by atoms with Gasteiger partial charge in [0.2, 0.25) is 15.9 Å². The molecule has 1 N–H and O–H groups in total. The standard InChI is InChI=1S/C25H31ClN2O3S/c1-2-24(20-10-9-18-6-3-4-7-19(18)16-20)27-25(29)21-8-5-15-28(17-21)32(30,31)23-13-11-22(26)12-14-23/h9-14,16,21,24H,2-8,15,17H2,1H3,(H,27,29)/t21-,24+/m1/s1. The highest BCUT2D eigenvalue weighted by molar-refractivity contribution is 7.89. The number of halogens is 1. The molecule has 2 aromatic rings. The fourth-order valence-electron chi connectivity index (χ4n) is 4.81. The molecule has 0 radical (unpaired) electrons. The molecule has 0 bridgehead atoms. The van der Waals surface area contributed by atoms with Gasteiger partial charge in [0.05, 0.1) is 16.9 Å². The van der Waals surface area contributed by atoms with Crippen LogP contribution in [0.15, 0.2) is 47.4 Å². The number of aryl methyl sites for hydroxylation is 2. The van der Waals surface area contributed by atoms with E-state index in [-0.39, 0.29) is 29.3 Å². The monoisotopic (exact) mass is 474 g/mol. The first-order chi connectivity index (χ1) is 15.4. The SMILES string of the molecule is CC[C@H](NC(=O)[C@@H]1CCCN(S(=O)(=O)c2ccc(Cl)cc2)C1)c1ccc2c(c1)CCCC2. The van der Waals surface area contributed by atoms with E-state index in [1.807, 2.05) is 0 Å². The average molecular weight is 475 g/mol. The van der Waals surface area contributed by atoms with E-state index in [0.29, 0.717) is 24.4 Å². The Bertz CT molecular complexity index is 1070. The molecule has 2 atom stereocenters. The molecule has 0 aromatic heterocycles. The Balaban J connectivity index is 1.45. The molecule has 172 valence electrons. The lowest BCUT2D eigenvalue weighted by atomic mass is 9.88. The molecular weight excluding hydrogens is 444 g/mol. The third kappa shape index (κ3) is 5.03. The Morgan fingerprint density at radius 1 is 1.09 bits per heavy atom. The quantitative estimate of drug-likeness (QED) is 0.648. The predicted molar refractivity (Wildman–Crippen MR) is 127 cm³/mol. The van der Waals surface area contributed by atoms with Crippen LogP contribution in [0.3, 0.4) is 0 Å². The van der Waals surface area contributed by atoms with Crippen LogP contribution in [0.1, 0.15) is 61.8 Å². The Morgan fingerprint density at radius 3 is 2.53 bits per heavy atom. The van der Waals surface area contributed by atoms with E-state index in [2.05, 4.69) is 30.4 Å². The number of carbonyl (C=O) groups is 1. The van der Waals surface area contributed by atoms with Gasteiger partial charge in [0.15, 0.2) is 0 Å². The van der Waals surface area contributed by atoms with Crippen molar-refractivity contribution in [2.75, 3.05) is 13.1 Å². The van der Waals surface area contributed by atoms with Crippen LogP contribution in [-0.2, 0) is 27.7 Å². The van der Waals surface area contributed by atoms with Crippen molar-refractivity contribution in [3.8, 4) is 0 Å². The van der Waals surface area contributed by atoms with Gasteiger partial charge in [-0.25, -0.2) is 8.42 Å². The molecule has 0 spiro atoms. The zero-order valence-electron chi connectivity index (χ0n) is 18.5. The number of hydrogen-bond donors (Lipinski definition) is 1. The number of hydrogen-bond acceptors (Lipinski definition) is 3. The molecule has 1 saturated heterocycles. The van der Waals surface area contributed by atoms with Crippen LogP contribution in [0.4, 0.5) is 0 Å². The molecule has 5 nitrogen and oxygen atoms in total. The van der Waals surface area contributed by atoms with Gasteiger partial charge in [-0.05, 0) is 85.9 Å². The molecule has 7 heteroatoms. The van der Waals surface area contributed by atoms with Crippen LogP contribution >= 0.6 is 11.6 Å². The third-order valence-electron chi connectivity index (χ3n) is 6.71. The summed E-state index contributed by atoms with van der Waals surface area (Å²) in [6, 6.07) is 12.7. The van der Waals surface area contributed by atoms with Gasteiger partial charge < -0.3 is 5.32 Å². The number of nitrogens with zero attached hydrogens (tertiary/aromatic N) is 1. The summed E-state index contributed by atoms with van der Waals surface area (Å²) in [5.74, 6) is -0.414. The molecule has 2 aliphatic rings. The van der Waals surface area contributed by atoms with Crippen molar-refractivity contribution < 1.29 is 13.2 Å². The van der Waals surface area contributed by atoms with Gasteiger partial charge in [0, 0.05) is 18.1 Å². The molecule has 4 rings (SSSR count). The Labute approximate surface area is 196 Å². The highest BCUT2D eigenvalue weighted by Gasteiger charge is 2.34. The van der Waals surface area contributed by atoms with Crippen molar-refractivity contribution in [3.63, 3.8) is 0 Å². The number of rotatable bonds is 6. The average Bonchev–Trinajstić information content (AvgIpc) is 2.82. The topological polar surface area (TPSA) is 66.5 Å². The summed E-state index contributed by atoms with van der Waals surface area (Å²) in [5.41, 5.74) is 3.97. The summed E-state index contributed by atoms with van der Waals surface area (Å²) in [6.45, 7) is 2.71. The van der Waals surface area contributed by atoms with Crippen molar-refractivity contribution in [3.05, 3.63) is 64.2 Å². The van der Waals surface area contributed by atoms with Crippen molar-refractivity contribution in [2.45, 2.75) is 62.8 Å². The lowest BCUT2D eigenvalue weighted by Gasteiger charge is -2.32. The van der Waals surface area contributed by atoms with Crippen molar-refractivity contribution >= 4 is 27.5 Å². The fourth-order valence-corrected chi connectivity index (χ4v) is 6.46. The van der Waals surface area contributed by atoms with Gasteiger partial charge in [0.1, 0.15) is 0 Å². The Kier molecular flexibility index (Phi) is 7.23. The number of amides is 1. The maximum atomic E-state index is 13.1. The summed E-state index contributed by atoms with van der Waals surface area (Å²) < 4.78 is 27.5. The lowest BCUT2D eigenvalue weighted by Crippen LogP contribution is -2.46. The molecule has 1 aliphatic carbocycles. The van der Waals surface area contributed by atoms with Gasteiger partial charge in [-0.3, -0.25) is 4.79 Å². The largest absolute Gasteiger partial charge is 0.349 e. The highest BCUT2D eigenvalue weighted by atomic mass is 35.5. The van der Waals surface area contributed by atoms with E-state index in [1.54, 1.807) is 12.1 Å². The minimum absolute atomic E-state index is 0.0574. The van der Waals surface area contributed by atoms with E-state index >= 15 is 0 Å². The van der Waals surface area contributed by atoms with Crippen molar-refractivity contribution in [1.82, 2.24) is 9.62 Å². The van der Waals surface area contributed by atoms with Gasteiger partial charge >= 0.3 is 0 Å². The normalized spacial score (nSPS) is 20.4. The summed E-state index contributed by atoms with van der Waals surface area (Å²) in [7, 11) is -3.65. The number of fused-ring (bicyclic) bond motifs is 1. The number of piperidine rings is 1. The summed E-state index contributed by atoms with van der Waals surface area (Å²) in [4.78, 5) is 13.3. The van der Waals surface area contributed by atoms with E-state index in [1.165, 1.54) is 40.4 Å².